The minimum atomic E-state index is -0.0336. The van der Waals surface area contributed by atoms with Crippen molar-refractivity contribution >= 4 is 11.8 Å². The first-order chi connectivity index (χ1) is 6.04. The summed E-state index contributed by atoms with van der Waals surface area (Å²) >= 11 is 1.90. The van der Waals surface area contributed by atoms with Crippen molar-refractivity contribution in [2.24, 2.45) is 16.7 Å². The van der Waals surface area contributed by atoms with E-state index in [1.165, 1.54) is 12.8 Å². The average Bonchev–Trinajstić information content (AvgIpc) is 2.38. The molecule has 0 aromatic heterocycles. The summed E-state index contributed by atoms with van der Waals surface area (Å²) in [5.74, 6) is 1.91. The van der Waals surface area contributed by atoms with Gasteiger partial charge in [-0.2, -0.15) is 11.8 Å². The number of rotatable bonds is 2. The molecule has 2 bridgehead atoms. The summed E-state index contributed by atoms with van der Waals surface area (Å²) in [6.45, 7) is 4.72. The Hall–Kier alpha value is 0.310. The van der Waals surface area contributed by atoms with Gasteiger partial charge in [-0.1, -0.05) is 13.8 Å². The van der Waals surface area contributed by atoms with E-state index < -0.39 is 0 Å². The van der Waals surface area contributed by atoms with Crippen LogP contribution in [0.3, 0.4) is 0 Å². The molecule has 0 spiro atoms. The summed E-state index contributed by atoms with van der Waals surface area (Å²) in [5.41, 5.74) is 0.604. The van der Waals surface area contributed by atoms with Gasteiger partial charge >= 0.3 is 0 Å². The zero-order valence-electron chi connectivity index (χ0n) is 8.84. The zero-order valence-corrected chi connectivity index (χ0v) is 9.66. The highest BCUT2D eigenvalue weighted by Crippen LogP contribution is 2.66. The molecule has 76 valence electrons. The quantitative estimate of drug-likeness (QED) is 0.739. The molecule has 0 aromatic rings. The van der Waals surface area contributed by atoms with Crippen molar-refractivity contribution in [1.82, 2.24) is 0 Å². The summed E-state index contributed by atoms with van der Waals surface area (Å²) in [6, 6.07) is 0. The fourth-order valence-electron chi connectivity index (χ4n) is 3.64. The molecule has 2 fully saturated rings. The van der Waals surface area contributed by atoms with Crippen molar-refractivity contribution in [2.75, 3.05) is 12.0 Å². The molecular formula is C11H20OS. The molecule has 0 aromatic carbocycles. The molecule has 0 saturated heterocycles. The Morgan fingerprint density at radius 2 is 2.15 bits per heavy atom. The van der Waals surface area contributed by atoms with Crippen LogP contribution in [0.15, 0.2) is 0 Å². The summed E-state index contributed by atoms with van der Waals surface area (Å²) in [7, 11) is 0. The van der Waals surface area contributed by atoms with Crippen LogP contribution in [0.5, 0.6) is 0 Å². The largest absolute Gasteiger partial charge is 0.392 e. The predicted octanol–water partition coefficient (Wildman–Crippen LogP) is 2.54. The van der Waals surface area contributed by atoms with Crippen LogP contribution in [0, 0.1) is 16.7 Å². The average molecular weight is 200 g/mol. The molecule has 2 aliphatic rings. The van der Waals surface area contributed by atoms with Crippen LogP contribution in [0.1, 0.15) is 33.1 Å². The summed E-state index contributed by atoms with van der Waals surface area (Å²) in [5, 5.41) is 10.1. The van der Waals surface area contributed by atoms with Crippen LogP contribution in [-0.2, 0) is 0 Å². The van der Waals surface area contributed by atoms with Gasteiger partial charge in [-0.15, -0.1) is 0 Å². The van der Waals surface area contributed by atoms with E-state index in [0.29, 0.717) is 5.41 Å². The highest BCUT2D eigenvalue weighted by atomic mass is 32.2. The van der Waals surface area contributed by atoms with Crippen LogP contribution in [0.2, 0.25) is 0 Å². The van der Waals surface area contributed by atoms with Gasteiger partial charge in [-0.25, -0.2) is 0 Å². The van der Waals surface area contributed by atoms with Crippen molar-refractivity contribution in [3.05, 3.63) is 0 Å². The van der Waals surface area contributed by atoms with E-state index in [9.17, 15) is 5.11 Å². The minimum absolute atomic E-state index is 0.0336. The first-order valence-corrected chi connectivity index (χ1v) is 6.61. The lowest BCUT2D eigenvalue weighted by molar-refractivity contribution is 0.0168. The van der Waals surface area contributed by atoms with Crippen molar-refractivity contribution in [3.63, 3.8) is 0 Å². The standard InChI is InChI=1S/C11H20OS/c1-10(2)8-4-5-11(10,7-13-3)9(12)6-8/h8-9,12H,4-7H2,1-3H3/t8-,9-,11-/m1/s1. The van der Waals surface area contributed by atoms with Gasteiger partial charge in [-0.05, 0) is 36.9 Å². The smallest absolute Gasteiger partial charge is 0.0612 e. The number of thioether (sulfide) groups is 1. The van der Waals surface area contributed by atoms with E-state index >= 15 is 0 Å². The Labute approximate surface area is 85.3 Å². The Morgan fingerprint density at radius 1 is 1.46 bits per heavy atom. The molecule has 2 aliphatic carbocycles. The topological polar surface area (TPSA) is 20.2 Å². The second-order valence-electron chi connectivity index (χ2n) is 5.30. The summed E-state index contributed by atoms with van der Waals surface area (Å²) < 4.78 is 0. The highest BCUT2D eigenvalue weighted by molar-refractivity contribution is 7.98. The molecule has 2 rings (SSSR count). The predicted molar refractivity (Wildman–Crippen MR) is 57.9 cm³/mol. The van der Waals surface area contributed by atoms with Gasteiger partial charge in [0.25, 0.3) is 0 Å². The first kappa shape index (κ1) is 9.85. The van der Waals surface area contributed by atoms with Crippen LogP contribution >= 0.6 is 11.8 Å². The Morgan fingerprint density at radius 3 is 2.54 bits per heavy atom. The maximum Gasteiger partial charge on any atom is 0.0612 e. The van der Waals surface area contributed by atoms with Crippen LogP contribution in [-0.4, -0.2) is 23.2 Å². The SMILES string of the molecule is CSC[C@]12CC[C@H](C[C@H]1O)C2(C)C. The van der Waals surface area contributed by atoms with Crippen molar-refractivity contribution < 1.29 is 5.11 Å². The number of aliphatic hydroxyl groups is 1. The number of aliphatic hydroxyl groups excluding tert-OH is 1. The van der Waals surface area contributed by atoms with E-state index in [-0.39, 0.29) is 11.5 Å². The molecule has 0 radical (unpaired) electrons. The van der Waals surface area contributed by atoms with Crippen molar-refractivity contribution in [1.29, 1.82) is 0 Å². The van der Waals surface area contributed by atoms with Gasteiger partial charge in [0.2, 0.25) is 0 Å². The van der Waals surface area contributed by atoms with Gasteiger partial charge < -0.3 is 5.11 Å². The normalized spacial score (nSPS) is 47.1. The van der Waals surface area contributed by atoms with E-state index in [1.54, 1.807) is 0 Å². The van der Waals surface area contributed by atoms with E-state index in [4.69, 9.17) is 0 Å². The molecule has 1 N–H and O–H groups in total. The first-order valence-electron chi connectivity index (χ1n) is 5.21. The molecule has 0 aliphatic heterocycles. The number of fused-ring (bicyclic) bond motifs is 2. The van der Waals surface area contributed by atoms with Crippen molar-refractivity contribution in [3.8, 4) is 0 Å². The third kappa shape index (κ3) is 1.05. The van der Waals surface area contributed by atoms with E-state index in [2.05, 4.69) is 20.1 Å². The highest BCUT2D eigenvalue weighted by Gasteiger charge is 2.63. The third-order valence-corrected chi connectivity index (χ3v) is 5.59. The van der Waals surface area contributed by atoms with Crippen LogP contribution in [0.25, 0.3) is 0 Å². The minimum Gasteiger partial charge on any atom is -0.392 e. The van der Waals surface area contributed by atoms with Gasteiger partial charge in [0.15, 0.2) is 0 Å². The second kappa shape index (κ2) is 2.90. The summed E-state index contributed by atoms with van der Waals surface area (Å²) in [4.78, 5) is 0. The fourth-order valence-corrected chi connectivity index (χ4v) is 4.86. The third-order valence-electron chi connectivity index (χ3n) is 4.79. The molecule has 0 unspecified atom stereocenters. The Bertz CT molecular complexity index is 214. The maximum atomic E-state index is 10.1. The summed E-state index contributed by atoms with van der Waals surface area (Å²) in [6.07, 6.45) is 5.75. The molecule has 0 heterocycles. The fraction of sp³-hybridized carbons (Fsp3) is 1.00. The number of hydrogen-bond acceptors (Lipinski definition) is 2. The molecule has 2 saturated carbocycles. The second-order valence-corrected chi connectivity index (χ2v) is 6.16. The number of hydrogen-bond donors (Lipinski definition) is 1. The molecule has 1 nitrogen and oxygen atoms in total. The molecular weight excluding hydrogens is 180 g/mol. The van der Waals surface area contributed by atoms with E-state index in [1.807, 2.05) is 11.8 Å². The van der Waals surface area contributed by atoms with Gasteiger partial charge in [0, 0.05) is 11.2 Å². The van der Waals surface area contributed by atoms with Gasteiger partial charge in [0.05, 0.1) is 6.10 Å². The monoisotopic (exact) mass is 200 g/mol. The van der Waals surface area contributed by atoms with Crippen LogP contribution in [0.4, 0.5) is 0 Å². The molecule has 2 heteroatoms. The van der Waals surface area contributed by atoms with Crippen molar-refractivity contribution in [2.45, 2.75) is 39.2 Å². The molecule has 0 amide bonds. The van der Waals surface area contributed by atoms with Gasteiger partial charge in [0.1, 0.15) is 0 Å². The van der Waals surface area contributed by atoms with Crippen LogP contribution < -0.4 is 0 Å². The Balaban J connectivity index is 2.31. The maximum absolute atomic E-state index is 10.1. The lowest BCUT2D eigenvalue weighted by Gasteiger charge is -2.40. The zero-order chi connectivity index (χ0) is 9.69. The lowest BCUT2D eigenvalue weighted by Crippen LogP contribution is -2.40. The Kier molecular flexibility index (Phi) is 2.20. The molecule has 13 heavy (non-hydrogen) atoms. The lowest BCUT2D eigenvalue weighted by atomic mass is 9.70. The van der Waals surface area contributed by atoms with E-state index in [0.717, 1.165) is 18.1 Å². The molecule has 3 atom stereocenters. The van der Waals surface area contributed by atoms with Gasteiger partial charge in [-0.3, -0.25) is 0 Å².